The summed E-state index contributed by atoms with van der Waals surface area (Å²) in [5.74, 6) is 1.32. The monoisotopic (exact) mass is 341 g/mol. The lowest BCUT2D eigenvalue weighted by molar-refractivity contribution is -0.122. The van der Waals surface area contributed by atoms with Gasteiger partial charge in [0, 0.05) is 5.69 Å². The molecule has 1 amide bonds. The molecule has 1 atom stereocenters. The van der Waals surface area contributed by atoms with Gasteiger partial charge in [-0.1, -0.05) is 44.4 Å². The second-order valence-corrected chi connectivity index (χ2v) is 6.00. The Hall–Kier alpha value is -2.49. The van der Waals surface area contributed by atoms with E-state index in [9.17, 15) is 4.79 Å². The van der Waals surface area contributed by atoms with Crippen LogP contribution in [0, 0.1) is 0 Å². The first-order valence-electron chi connectivity index (χ1n) is 8.94. The SMILES string of the molecule is CCCCCCOc1ccc(NC(=O)C(C)Oc2ccccc2)cc1. The second-order valence-electron chi connectivity index (χ2n) is 6.00. The number of benzene rings is 2. The van der Waals surface area contributed by atoms with E-state index in [4.69, 9.17) is 9.47 Å². The molecule has 0 fully saturated rings. The van der Waals surface area contributed by atoms with Gasteiger partial charge in [-0.05, 0) is 49.7 Å². The molecule has 0 heterocycles. The zero-order valence-electron chi connectivity index (χ0n) is 15.0. The normalized spacial score (nSPS) is 11.6. The van der Waals surface area contributed by atoms with Gasteiger partial charge in [0.2, 0.25) is 0 Å². The molecule has 134 valence electrons. The van der Waals surface area contributed by atoms with Gasteiger partial charge in [-0.2, -0.15) is 0 Å². The number of hydrogen-bond acceptors (Lipinski definition) is 3. The number of unbranched alkanes of at least 4 members (excludes halogenated alkanes) is 3. The third kappa shape index (κ3) is 6.87. The quantitative estimate of drug-likeness (QED) is 0.615. The number of carbonyl (C=O) groups excluding carboxylic acids is 1. The lowest BCUT2D eigenvalue weighted by atomic mass is 10.2. The maximum atomic E-state index is 12.2. The van der Waals surface area contributed by atoms with Crippen LogP contribution in [0.2, 0.25) is 0 Å². The lowest BCUT2D eigenvalue weighted by Gasteiger charge is -2.15. The molecule has 1 N–H and O–H groups in total. The maximum absolute atomic E-state index is 12.2. The van der Waals surface area contributed by atoms with Gasteiger partial charge in [-0.15, -0.1) is 0 Å². The van der Waals surface area contributed by atoms with Crippen LogP contribution >= 0.6 is 0 Å². The van der Waals surface area contributed by atoms with Crippen LogP contribution < -0.4 is 14.8 Å². The van der Waals surface area contributed by atoms with Crippen molar-refractivity contribution in [2.75, 3.05) is 11.9 Å². The Morgan fingerprint density at radius 2 is 1.68 bits per heavy atom. The molecule has 0 aliphatic carbocycles. The molecular formula is C21H27NO3. The van der Waals surface area contributed by atoms with Crippen LogP contribution in [0.15, 0.2) is 54.6 Å². The molecule has 1 unspecified atom stereocenters. The summed E-state index contributed by atoms with van der Waals surface area (Å²) in [7, 11) is 0. The van der Waals surface area contributed by atoms with E-state index in [1.54, 1.807) is 6.92 Å². The number of ether oxygens (including phenoxy) is 2. The zero-order chi connectivity index (χ0) is 17.9. The third-order valence-corrected chi connectivity index (χ3v) is 3.81. The first-order valence-corrected chi connectivity index (χ1v) is 8.94. The van der Waals surface area contributed by atoms with Crippen molar-refractivity contribution >= 4 is 11.6 Å². The van der Waals surface area contributed by atoms with Crippen LogP contribution in [0.4, 0.5) is 5.69 Å². The summed E-state index contributed by atoms with van der Waals surface area (Å²) in [4.78, 5) is 12.2. The predicted octanol–water partition coefficient (Wildman–Crippen LogP) is 5.05. The highest BCUT2D eigenvalue weighted by molar-refractivity contribution is 5.94. The summed E-state index contributed by atoms with van der Waals surface area (Å²) < 4.78 is 11.3. The molecular weight excluding hydrogens is 314 g/mol. The standard InChI is InChI=1S/C21H27NO3/c1-3-4-5-9-16-24-19-14-12-18(13-15-19)22-21(23)17(2)25-20-10-7-6-8-11-20/h6-8,10-15,17H,3-5,9,16H2,1-2H3,(H,22,23). The highest BCUT2D eigenvalue weighted by Gasteiger charge is 2.14. The van der Waals surface area contributed by atoms with E-state index in [0.29, 0.717) is 5.75 Å². The van der Waals surface area contributed by atoms with E-state index in [0.717, 1.165) is 24.5 Å². The molecule has 4 nitrogen and oxygen atoms in total. The van der Waals surface area contributed by atoms with Crippen molar-refractivity contribution in [3.05, 3.63) is 54.6 Å². The Bertz CT molecular complexity index is 625. The first kappa shape index (κ1) is 18.8. The molecule has 0 aromatic heterocycles. The summed E-state index contributed by atoms with van der Waals surface area (Å²) in [6.45, 7) is 4.66. The van der Waals surface area contributed by atoms with Crippen molar-refractivity contribution < 1.29 is 14.3 Å². The molecule has 2 aromatic carbocycles. The van der Waals surface area contributed by atoms with E-state index in [1.165, 1.54) is 19.3 Å². The van der Waals surface area contributed by atoms with Gasteiger partial charge in [0.1, 0.15) is 11.5 Å². The lowest BCUT2D eigenvalue weighted by Crippen LogP contribution is -2.30. The number of carbonyl (C=O) groups is 1. The molecule has 4 heteroatoms. The zero-order valence-corrected chi connectivity index (χ0v) is 15.0. The largest absolute Gasteiger partial charge is 0.494 e. The molecule has 0 saturated carbocycles. The third-order valence-electron chi connectivity index (χ3n) is 3.81. The average molecular weight is 341 g/mol. The molecule has 2 aromatic rings. The van der Waals surface area contributed by atoms with Gasteiger partial charge in [0.25, 0.3) is 5.91 Å². The van der Waals surface area contributed by atoms with Crippen molar-refractivity contribution in [2.45, 2.75) is 45.6 Å². The average Bonchev–Trinajstić information content (AvgIpc) is 2.63. The van der Waals surface area contributed by atoms with Gasteiger partial charge in [-0.3, -0.25) is 4.79 Å². The van der Waals surface area contributed by atoms with Crippen LogP contribution in [-0.2, 0) is 4.79 Å². The number of amides is 1. The molecule has 0 radical (unpaired) electrons. The van der Waals surface area contributed by atoms with Gasteiger partial charge >= 0.3 is 0 Å². The fraction of sp³-hybridized carbons (Fsp3) is 0.381. The summed E-state index contributed by atoms with van der Waals surface area (Å²) in [5, 5.41) is 2.85. The summed E-state index contributed by atoms with van der Waals surface area (Å²) in [6.07, 6.45) is 4.17. The molecule has 0 aliphatic rings. The van der Waals surface area contributed by atoms with Gasteiger partial charge in [-0.25, -0.2) is 0 Å². The van der Waals surface area contributed by atoms with Gasteiger partial charge in [0.15, 0.2) is 6.10 Å². The number of nitrogens with one attached hydrogen (secondary N) is 1. The number of para-hydroxylation sites is 1. The molecule has 0 aliphatic heterocycles. The van der Waals surface area contributed by atoms with Crippen LogP contribution in [0.25, 0.3) is 0 Å². The second kappa shape index (κ2) is 10.4. The fourth-order valence-electron chi connectivity index (χ4n) is 2.35. The van der Waals surface area contributed by atoms with Crippen LogP contribution in [0.5, 0.6) is 11.5 Å². The Labute approximate surface area is 150 Å². The fourth-order valence-corrected chi connectivity index (χ4v) is 2.35. The van der Waals surface area contributed by atoms with Crippen LogP contribution in [0.3, 0.4) is 0 Å². The van der Waals surface area contributed by atoms with E-state index < -0.39 is 6.10 Å². The van der Waals surface area contributed by atoms with E-state index >= 15 is 0 Å². The van der Waals surface area contributed by atoms with Crippen molar-refractivity contribution in [1.82, 2.24) is 0 Å². The molecule has 25 heavy (non-hydrogen) atoms. The van der Waals surface area contributed by atoms with Crippen LogP contribution in [0.1, 0.15) is 39.5 Å². The minimum Gasteiger partial charge on any atom is -0.494 e. The highest BCUT2D eigenvalue weighted by atomic mass is 16.5. The smallest absolute Gasteiger partial charge is 0.265 e. The maximum Gasteiger partial charge on any atom is 0.265 e. The molecule has 0 spiro atoms. The Kier molecular flexibility index (Phi) is 7.83. The minimum atomic E-state index is -0.572. The van der Waals surface area contributed by atoms with Crippen molar-refractivity contribution in [3.63, 3.8) is 0 Å². The van der Waals surface area contributed by atoms with Crippen molar-refractivity contribution in [1.29, 1.82) is 0 Å². The topological polar surface area (TPSA) is 47.6 Å². The van der Waals surface area contributed by atoms with Gasteiger partial charge < -0.3 is 14.8 Å². The number of hydrogen-bond donors (Lipinski definition) is 1. The highest BCUT2D eigenvalue weighted by Crippen LogP contribution is 2.17. The molecule has 0 bridgehead atoms. The van der Waals surface area contributed by atoms with E-state index in [2.05, 4.69) is 12.2 Å². The summed E-state index contributed by atoms with van der Waals surface area (Å²) in [6, 6.07) is 16.7. The Morgan fingerprint density at radius 3 is 2.36 bits per heavy atom. The Morgan fingerprint density at radius 1 is 0.960 bits per heavy atom. The summed E-state index contributed by atoms with van der Waals surface area (Å²) in [5.41, 5.74) is 0.729. The Balaban J connectivity index is 1.76. The molecule has 2 rings (SSSR count). The molecule has 0 saturated heterocycles. The number of anilines is 1. The minimum absolute atomic E-state index is 0.183. The van der Waals surface area contributed by atoms with Gasteiger partial charge in [0.05, 0.1) is 6.61 Å². The van der Waals surface area contributed by atoms with Crippen LogP contribution in [-0.4, -0.2) is 18.6 Å². The van der Waals surface area contributed by atoms with E-state index in [1.807, 2.05) is 54.6 Å². The first-order chi connectivity index (χ1) is 12.2. The predicted molar refractivity (Wildman–Crippen MR) is 101 cm³/mol. The number of rotatable bonds is 10. The van der Waals surface area contributed by atoms with Crippen molar-refractivity contribution in [2.24, 2.45) is 0 Å². The van der Waals surface area contributed by atoms with Crippen molar-refractivity contribution in [3.8, 4) is 11.5 Å². The summed E-state index contributed by atoms with van der Waals surface area (Å²) >= 11 is 0. The van der Waals surface area contributed by atoms with E-state index in [-0.39, 0.29) is 5.91 Å².